The average molecular weight is 234 g/mol. The molecule has 16 heavy (non-hydrogen) atoms. The van der Waals surface area contributed by atoms with Crippen LogP contribution in [0.1, 0.15) is 30.8 Å². The van der Waals surface area contributed by atoms with Crippen LogP contribution >= 0.6 is 11.3 Å². The molecule has 0 radical (unpaired) electrons. The monoisotopic (exact) mass is 234 g/mol. The van der Waals surface area contributed by atoms with Gasteiger partial charge in [-0.05, 0) is 19.8 Å². The molecule has 5 heteroatoms. The molecule has 0 bridgehead atoms. The molecule has 2 aromatic heterocycles. The Balaban J connectivity index is 1.84. The molecule has 3 rings (SSSR count). The van der Waals surface area contributed by atoms with Crippen molar-refractivity contribution in [3.05, 3.63) is 29.0 Å². The van der Waals surface area contributed by atoms with E-state index in [1.54, 1.807) is 11.3 Å². The van der Waals surface area contributed by atoms with Gasteiger partial charge >= 0.3 is 0 Å². The number of aromatic nitrogens is 3. The number of hydrogen-bond donors (Lipinski definition) is 1. The van der Waals surface area contributed by atoms with E-state index in [0.29, 0.717) is 6.04 Å². The van der Waals surface area contributed by atoms with Crippen molar-refractivity contribution in [1.29, 1.82) is 0 Å². The van der Waals surface area contributed by atoms with Gasteiger partial charge in [0.05, 0.1) is 6.04 Å². The predicted octanol–water partition coefficient (Wildman–Crippen LogP) is 2.52. The molecule has 0 aromatic carbocycles. The highest BCUT2D eigenvalue weighted by molar-refractivity contribution is 7.09. The van der Waals surface area contributed by atoms with Crippen molar-refractivity contribution in [2.75, 3.05) is 5.32 Å². The van der Waals surface area contributed by atoms with Crippen LogP contribution in [0.2, 0.25) is 0 Å². The second kappa shape index (κ2) is 3.90. The van der Waals surface area contributed by atoms with Gasteiger partial charge < -0.3 is 9.88 Å². The minimum atomic E-state index is 0.253. The van der Waals surface area contributed by atoms with Gasteiger partial charge in [-0.3, -0.25) is 0 Å². The summed E-state index contributed by atoms with van der Waals surface area (Å²) in [7, 11) is 0. The molecule has 2 heterocycles. The van der Waals surface area contributed by atoms with Crippen molar-refractivity contribution in [2.24, 2.45) is 0 Å². The van der Waals surface area contributed by atoms with Crippen molar-refractivity contribution in [3.63, 3.8) is 0 Å². The van der Waals surface area contributed by atoms with Crippen LogP contribution in [-0.2, 0) is 0 Å². The maximum atomic E-state index is 4.36. The molecule has 84 valence electrons. The Labute approximate surface area is 98.4 Å². The van der Waals surface area contributed by atoms with Gasteiger partial charge in [-0.15, -0.1) is 11.3 Å². The first-order valence-corrected chi connectivity index (χ1v) is 6.41. The molecule has 0 saturated heterocycles. The van der Waals surface area contributed by atoms with E-state index >= 15 is 0 Å². The summed E-state index contributed by atoms with van der Waals surface area (Å²) in [5.74, 6) is 0.963. The number of anilines is 1. The highest BCUT2D eigenvalue weighted by Crippen LogP contribution is 2.27. The van der Waals surface area contributed by atoms with Crippen LogP contribution in [0.4, 0.5) is 5.95 Å². The Morgan fingerprint density at radius 2 is 2.31 bits per heavy atom. The number of imidazole rings is 1. The van der Waals surface area contributed by atoms with Gasteiger partial charge in [0.1, 0.15) is 5.01 Å². The lowest BCUT2D eigenvalue weighted by Gasteiger charge is -2.14. The van der Waals surface area contributed by atoms with Crippen LogP contribution in [0.3, 0.4) is 0 Å². The molecule has 0 spiro atoms. The zero-order chi connectivity index (χ0) is 11.0. The Morgan fingerprint density at radius 3 is 3.00 bits per heavy atom. The van der Waals surface area contributed by atoms with Crippen LogP contribution in [-0.4, -0.2) is 20.6 Å². The third-order valence-electron chi connectivity index (χ3n) is 2.81. The Morgan fingerprint density at radius 1 is 1.44 bits per heavy atom. The SMILES string of the molecule is CC(c1nccs1)n1ccnc1NC1CC1. The largest absolute Gasteiger partial charge is 0.353 e. The molecule has 1 fully saturated rings. The fourth-order valence-corrected chi connectivity index (χ4v) is 2.40. The lowest BCUT2D eigenvalue weighted by Crippen LogP contribution is -2.12. The molecule has 2 aromatic rings. The molecule has 0 amide bonds. The molecule has 0 aliphatic heterocycles. The van der Waals surface area contributed by atoms with E-state index in [2.05, 4.69) is 26.8 Å². The van der Waals surface area contributed by atoms with Crippen LogP contribution < -0.4 is 5.32 Å². The summed E-state index contributed by atoms with van der Waals surface area (Å²) in [6.07, 6.45) is 8.23. The van der Waals surface area contributed by atoms with E-state index in [1.807, 2.05) is 24.0 Å². The highest BCUT2D eigenvalue weighted by Gasteiger charge is 2.23. The summed E-state index contributed by atoms with van der Waals surface area (Å²) in [6.45, 7) is 2.15. The summed E-state index contributed by atoms with van der Waals surface area (Å²) in [5.41, 5.74) is 0. The second-order valence-corrected chi connectivity index (χ2v) is 5.05. The molecule has 1 N–H and O–H groups in total. The van der Waals surface area contributed by atoms with Crippen molar-refractivity contribution >= 4 is 17.3 Å². The Hall–Kier alpha value is -1.36. The molecule has 1 aliphatic rings. The summed E-state index contributed by atoms with van der Waals surface area (Å²) in [5, 5.41) is 6.57. The zero-order valence-electron chi connectivity index (χ0n) is 9.13. The van der Waals surface area contributed by atoms with Gasteiger partial charge in [0.2, 0.25) is 5.95 Å². The molecule has 1 atom stereocenters. The van der Waals surface area contributed by atoms with Gasteiger partial charge in [-0.25, -0.2) is 9.97 Å². The zero-order valence-corrected chi connectivity index (χ0v) is 9.94. The van der Waals surface area contributed by atoms with E-state index < -0.39 is 0 Å². The van der Waals surface area contributed by atoms with Gasteiger partial charge in [-0.2, -0.15) is 0 Å². The number of nitrogens with one attached hydrogen (secondary N) is 1. The second-order valence-electron chi connectivity index (χ2n) is 4.12. The maximum absolute atomic E-state index is 4.36. The van der Waals surface area contributed by atoms with Crippen LogP contribution in [0.15, 0.2) is 24.0 Å². The maximum Gasteiger partial charge on any atom is 0.203 e. The number of rotatable bonds is 4. The normalized spacial score (nSPS) is 17.3. The predicted molar refractivity (Wildman–Crippen MR) is 64.8 cm³/mol. The number of nitrogens with zero attached hydrogens (tertiary/aromatic N) is 3. The van der Waals surface area contributed by atoms with Crippen molar-refractivity contribution < 1.29 is 0 Å². The van der Waals surface area contributed by atoms with Gasteiger partial charge in [0, 0.05) is 30.0 Å². The lowest BCUT2D eigenvalue weighted by atomic mass is 10.3. The fourth-order valence-electron chi connectivity index (χ4n) is 1.71. The van der Waals surface area contributed by atoms with Crippen molar-refractivity contribution in [3.8, 4) is 0 Å². The van der Waals surface area contributed by atoms with Gasteiger partial charge in [0.15, 0.2) is 0 Å². The topological polar surface area (TPSA) is 42.7 Å². The first-order valence-electron chi connectivity index (χ1n) is 5.53. The molecular formula is C11H14N4S. The first kappa shape index (κ1) is 9.84. The van der Waals surface area contributed by atoms with Gasteiger partial charge in [-0.1, -0.05) is 0 Å². The molecule has 4 nitrogen and oxygen atoms in total. The lowest BCUT2D eigenvalue weighted by molar-refractivity contribution is 0.638. The fraction of sp³-hybridized carbons (Fsp3) is 0.455. The highest BCUT2D eigenvalue weighted by atomic mass is 32.1. The summed E-state index contributed by atoms with van der Waals surface area (Å²) < 4.78 is 2.15. The minimum absolute atomic E-state index is 0.253. The molecular weight excluding hydrogens is 220 g/mol. The number of thiazole rings is 1. The van der Waals surface area contributed by atoms with E-state index in [-0.39, 0.29) is 6.04 Å². The Kier molecular flexibility index (Phi) is 2.40. The molecule has 1 unspecified atom stereocenters. The van der Waals surface area contributed by atoms with Gasteiger partial charge in [0.25, 0.3) is 0 Å². The minimum Gasteiger partial charge on any atom is -0.353 e. The average Bonchev–Trinajstić information content (AvgIpc) is 2.82. The summed E-state index contributed by atoms with van der Waals surface area (Å²) in [6, 6.07) is 0.883. The third kappa shape index (κ3) is 1.82. The standard InChI is InChI=1S/C11H14N4S/c1-8(10-12-5-7-16-10)15-6-4-13-11(15)14-9-2-3-9/h4-9H,2-3H2,1H3,(H,13,14). The Bertz CT molecular complexity index is 458. The number of hydrogen-bond acceptors (Lipinski definition) is 4. The van der Waals surface area contributed by atoms with E-state index in [9.17, 15) is 0 Å². The quantitative estimate of drug-likeness (QED) is 0.884. The van der Waals surface area contributed by atoms with E-state index in [1.165, 1.54) is 12.8 Å². The van der Waals surface area contributed by atoms with Crippen molar-refractivity contribution in [2.45, 2.75) is 31.8 Å². The summed E-state index contributed by atoms with van der Waals surface area (Å²) in [4.78, 5) is 8.71. The van der Waals surface area contributed by atoms with Crippen molar-refractivity contribution in [1.82, 2.24) is 14.5 Å². The molecule has 1 saturated carbocycles. The first-order chi connectivity index (χ1) is 7.84. The van der Waals surface area contributed by atoms with E-state index in [0.717, 1.165) is 11.0 Å². The molecule has 1 aliphatic carbocycles. The van der Waals surface area contributed by atoms with Crippen LogP contribution in [0.5, 0.6) is 0 Å². The third-order valence-corrected chi connectivity index (χ3v) is 3.75. The summed E-state index contributed by atoms with van der Waals surface area (Å²) >= 11 is 1.68. The smallest absolute Gasteiger partial charge is 0.203 e. The van der Waals surface area contributed by atoms with Crippen LogP contribution in [0.25, 0.3) is 0 Å². The van der Waals surface area contributed by atoms with E-state index in [4.69, 9.17) is 0 Å². The van der Waals surface area contributed by atoms with Crippen LogP contribution in [0, 0.1) is 0 Å².